The summed E-state index contributed by atoms with van der Waals surface area (Å²) >= 11 is 0. The van der Waals surface area contributed by atoms with Crippen LogP contribution in [0.4, 0.5) is 0 Å². The molecule has 0 spiro atoms. The van der Waals surface area contributed by atoms with Crippen LogP contribution in [-0.4, -0.2) is 15.6 Å². The SMILES string of the molecule is [C-]#[N+]/C(=C\c1cc(CCCCCC)c(-c2cc(CCCCCC)c(-c3cc(CCCCCC)c(-c4ccc5c(c4)c4cc(CCCCCC)ccc4n5CC)o3)o2)o1)C(=O)O. The number of hydrogen-bond donors (Lipinski definition) is 1. The molecular weight excluding hydrogens is 757 g/mol. The summed E-state index contributed by atoms with van der Waals surface area (Å²) in [6, 6.07) is 20.1. The first-order chi connectivity index (χ1) is 29.8. The average molecular weight is 825 g/mol. The van der Waals surface area contributed by atoms with E-state index in [1.807, 2.05) is 6.07 Å². The van der Waals surface area contributed by atoms with Gasteiger partial charge in [-0.1, -0.05) is 111 Å². The molecule has 0 aliphatic heterocycles. The highest BCUT2D eigenvalue weighted by Crippen LogP contribution is 2.42. The number of rotatable bonds is 26. The Labute approximate surface area is 364 Å². The Kier molecular flexibility index (Phi) is 16.8. The van der Waals surface area contributed by atoms with E-state index in [1.54, 1.807) is 0 Å². The maximum atomic E-state index is 11.8. The molecule has 6 aromatic rings. The lowest BCUT2D eigenvalue weighted by Gasteiger charge is -2.06. The number of aromatic nitrogens is 1. The van der Waals surface area contributed by atoms with Crippen molar-refractivity contribution >= 4 is 33.9 Å². The molecule has 4 heterocycles. The standard InChI is InChI=1S/C54H68N2O5/c1-7-12-16-20-24-38-28-30-47-44(32-38)45-34-42(29-31-48(45)56(47)11-5)51-40(26-22-18-14-9-3)35-50(60-51)53-41(27-23-19-15-10-4)36-49(61-53)52-39(25-21-17-13-8-2)33-43(59-52)37-46(55-6)54(57)58/h28-37H,7-27H2,1-5H3,(H,57,58)/b46-37-. The Morgan fingerprint density at radius 2 is 1.08 bits per heavy atom. The van der Waals surface area contributed by atoms with Crippen molar-refractivity contribution in [3.8, 4) is 34.4 Å². The van der Waals surface area contributed by atoms with Gasteiger partial charge < -0.3 is 22.9 Å². The maximum Gasteiger partial charge on any atom is 0.333 e. The average Bonchev–Trinajstić information content (AvgIpc) is 4.06. The second-order valence-corrected chi connectivity index (χ2v) is 17.0. The van der Waals surface area contributed by atoms with E-state index in [9.17, 15) is 9.90 Å². The number of aliphatic carboxylic acids is 1. The molecule has 0 unspecified atom stereocenters. The van der Waals surface area contributed by atoms with Crippen molar-refractivity contribution in [2.75, 3.05) is 0 Å². The van der Waals surface area contributed by atoms with Gasteiger partial charge in [0.2, 0.25) is 0 Å². The second-order valence-electron chi connectivity index (χ2n) is 17.0. The lowest BCUT2D eigenvalue weighted by atomic mass is 10.00. The fraction of sp³-hybridized carbons (Fsp3) is 0.481. The number of carboxylic acids is 1. The third kappa shape index (κ3) is 11.2. The monoisotopic (exact) mass is 825 g/mol. The Hall–Kier alpha value is -5.22. The topological polar surface area (TPSA) is 86.0 Å². The highest BCUT2D eigenvalue weighted by molar-refractivity contribution is 6.09. The van der Waals surface area contributed by atoms with E-state index in [1.165, 1.54) is 90.4 Å². The zero-order valence-electron chi connectivity index (χ0n) is 37.6. The van der Waals surface area contributed by atoms with E-state index >= 15 is 0 Å². The van der Waals surface area contributed by atoms with Gasteiger partial charge in [0.1, 0.15) is 11.5 Å². The van der Waals surface area contributed by atoms with Crippen LogP contribution in [-0.2, 0) is 37.0 Å². The fourth-order valence-electron chi connectivity index (χ4n) is 8.87. The first-order valence-corrected chi connectivity index (χ1v) is 23.6. The summed E-state index contributed by atoms with van der Waals surface area (Å²) in [4.78, 5) is 15.0. The molecule has 0 radical (unpaired) electrons. The number of carbonyl (C=O) groups is 1. The number of aryl methyl sites for hydroxylation is 5. The van der Waals surface area contributed by atoms with Gasteiger partial charge in [0.25, 0.3) is 5.70 Å². The number of carboxylic acid groups (broad SMARTS) is 1. The summed E-state index contributed by atoms with van der Waals surface area (Å²) in [5, 5.41) is 12.2. The molecule has 0 aliphatic carbocycles. The quantitative estimate of drug-likeness (QED) is 0.0334. The van der Waals surface area contributed by atoms with Gasteiger partial charge in [0.05, 0.1) is 6.57 Å². The molecule has 2 aromatic carbocycles. The molecule has 6 rings (SSSR count). The van der Waals surface area contributed by atoms with Crippen LogP contribution in [0.5, 0.6) is 0 Å². The van der Waals surface area contributed by atoms with Crippen molar-refractivity contribution in [2.24, 2.45) is 0 Å². The van der Waals surface area contributed by atoms with Gasteiger partial charge >= 0.3 is 5.97 Å². The molecule has 7 nitrogen and oxygen atoms in total. The maximum absolute atomic E-state index is 11.8. The van der Waals surface area contributed by atoms with Crippen molar-refractivity contribution in [2.45, 2.75) is 170 Å². The Bertz CT molecular complexity index is 2420. The van der Waals surface area contributed by atoms with E-state index in [0.717, 1.165) is 118 Å². The minimum absolute atomic E-state index is 0.342. The molecule has 61 heavy (non-hydrogen) atoms. The Balaban J connectivity index is 1.46. The van der Waals surface area contributed by atoms with E-state index in [0.29, 0.717) is 17.3 Å². The normalized spacial score (nSPS) is 12.0. The largest absolute Gasteiger partial charge is 0.486 e. The molecule has 0 saturated carbocycles. The third-order valence-corrected chi connectivity index (χ3v) is 12.2. The number of fused-ring (bicyclic) bond motifs is 3. The highest BCUT2D eigenvalue weighted by Gasteiger charge is 2.25. The van der Waals surface area contributed by atoms with Crippen molar-refractivity contribution < 1.29 is 23.2 Å². The molecule has 7 heteroatoms. The van der Waals surface area contributed by atoms with Crippen molar-refractivity contribution in [3.05, 3.63) is 99.7 Å². The zero-order chi connectivity index (χ0) is 43.1. The van der Waals surface area contributed by atoms with Crippen molar-refractivity contribution in [1.82, 2.24) is 4.57 Å². The highest BCUT2D eigenvalue weighted by atomic mass is 16.4. The van der Waals surface area contributed by atoms with Crippen LogP contribution < -0.4 is 0 Å². The summed E-state index contributed by atoms with van der Waals surface area (Å²) < 4.78 is 22.7. The van der Waals surface area contributed by atoms with Crippen LogP contribution in [0, 0.1) is 6.57 Å². The molecule has 1 N–H and O–H groups in total. The third-order valence-electron chi connectivity index (χ3n) is 12.2. The summed E-state index contributed by atoms with van der Waals surface area (Å²) in [6.07, 6.45) is 23.4. The predicted octanol–water partition coefficient (Wildman–Crippen LogP) is 16.4. The summed E-state index contributed by atoms with van der Waals surface area (Å²) in [5.41, 5.74) is 7.84. The van der Waals surface area contributed by atoms with Gasteiger partial charge in [-0.25, -0.2) is 4.85 Å². The fourth-order valence-corrected chi connectivity index (χ4v) is 8.87. The number of hydrogen-bond acceptors (Lipinski definition) is 4. The molecule has 0 aliphatic rings. The van der Waals surface area contributed by atoms with E-state index in [-0.39, 0.29) is 5.70 Å². The number of furan rings is 3. The first kappa shape index (κ1) is 45.3. The van der Waals surface area contributed by atoms with Crippen LogP contribution in [0.2, 0.25) is 0 Å². The zero-order valence-corrected chi connectivity index (χ0v) is 37.6. The molecule has 0 saturated heterocycles. The number of unbranched alkanes of at least 4 members (excludes halogenated alkanes) is 12. The second kappa shape index (κ2) is 22.6. The van der Waals surface area contributed by atoms with Crippen LogP contribution in [0.15, 0.2) is 73.5 Å². The van der Waals surface area contributed by atoms with Gasteiger partial charge in [0, 0.05) is 45.0 Å². The molecule has 324 valence electrons. The number of nitrogens with zero attached hydrogens (tertiary/aromatic N) is 2. The van der Waals surface area contributed by atoms with Gasteiger partial charge in [-0.05, 0) is 124 Å². The van der Waals surface area contributed by atoms with Crippen LogP contribution in [0.1, 0.15) is 165 Å². The number of benzene rings is 2. The summed E-state index contributed by atoms with van der Waals surface area (Å²) in [6.45, 7) is 19.5. The Morgan fingerprint density at radius 1 is 0.590 bits per heavy atom. The van der Waals surface area contributed by atoms with E-state index < -0.39 is 5.97 Å². The van der Waals surface area contributed by atoms with Gasteiger partial charge in [-0.2, -0.15) is 0 Å². The lowest BCUT2D eigenvalue weighted by Crippen LogP contribution is -1.94. The van der Waals surface area contributed by atoms with Crippen molar-refractivity contribution in [1.29, 1.82) is 0 Å². The summed E-state index contributed by atoms with van der Waals surface area (Å²) in [5.74, 6) is 2.61. The lowest BCUT2D eigenvalue weighted by molar-refractivity contribution is -0.132. The van der Waals surface area contributed by atoms with Gasteiger partial charge in [-0.15, -0.1) is 0 Å². The first-order valence-electron chi connectivity index (χ1n) is 23.6. The molecule has 0 fully saturated rings. The van der Waals surface area contributed by atoms with Gasteiger partial charge in [0.15, 0.2) is 23.0 Å². The van der Waals surface area contributed by atoms with E-state index in [2.05, 4.69) is 92.6 Å². The smallest absolute Gasteiger partial charge is 0.333 e. The Morgan fingerprint density at radius 3 is 1.62 bits per heavy atom. The minimum Gasteiger partial charge on any atom is -0.486 e. The van der Waals surface area contributed by atoms with Crippen LogP contribution >= 0.6 is 0 Å². The van der Waals surface area contributed by atoms with Crippen LogP contribution in [0.3, 0.4) is 0 Å². The molecule has 0 bridgehead atoms. The molecule has 0 amide bonds. The van der Waals surface area contributed by atoms with Crippen LogP contribution in [0.25, 0.3) is 67.1 Å². The molecule has 0 atom stereocenters. The molecular formula is C54H68N2O5. The van der Waals surface area contributed by atoms with E-state index in [4.69, 9.17) is 19.8 Å². The minimum atomic E-state index is -1.27. The van der Waals surface area contributed by atoms with Crippen molar-refractivity contribution in [3.63, 3.8) is 0 Å². The summed E-state index contributed by atoms with van der Waals surface area (Å²) in [7, 11) is 0. The van der Waals surface area contributed by atoms with Gasteiger partial charge in [-0.3, -0.25) is 4.79 Å². The predicted molar refractivity (Wildman–Crippen MR) is 252 cm³/mol. The molecule has 4 aromatic heterocycles.